The molecule has 0 saturated carbocycles. The van der Waals surface area contributed by atoms with Gasteiger partial charge >= 0.3 is 0 Å². The monoisotopic (exact) mass is 404 g/mol. The average molecular weight is 404 g/mol. The largest absolute Gasteiger partial charge is 0.507 e. The average Bonchev–Trinajstić information content (AvgIpc) is 2.73. The molecule has 0 bridgehead atoms. The second-order valence-electron chi connectivity index (χ2n) is 6.16. The molecule has 6 N–H and O–H groups in total. The van der Waals surface area contributed by atoms with Crippen LogP contribution >= 0.6 is 0 Å². The fraction of sp³-hybridized carbons (Fsp3) is 0.0909. The van der Waals surface area contributed by atoms with Crippen LogP contribution in [0.3, 0.4) is 0 Å². The Morgan fingerprint density at radius 3 is 1.53 bits per heavy atom. The highest BCUT2D eigenvalue weighted by atomic mass is 16.3. The lowest BCUT2D eigenvalue weighted by molar-refractivity contribution is 0.468. The summed E-state index contributed by atoms with van der Waals surface area (Å²) in [5, 5.41) is 35.5. The quantitative estimate of drug-likeness (QED) is 0.232. The first-order valence-corrected chi connectivity index (χ1v) is 9.04. The first-order chi connectivity index (χ1) is 14.5. The third kappa shape index (κ3) is 5.90. The lowest BCUT2D eigenvalue weighted by Crippen LogP contribution is -2.30. The van der Waals surface area contributed by atoms with Crippen molar-refractivity contribution < 1.29 is 10.2 Å². The first-order valence-electron chi connectivity index (χ1n) is 9.04. The Bertz CT molecular complexity index is 954. The molecule has 8 heteroatoms. The molecule has 0 aromatic heterocycles. The maximum atomic E-state index is 10.2. The van der Waals surface area contributed by atoms with Crippen molar-refractivity contribution in [1.82, 2.24) is 0 Å². The molecule has 30 heavy (non-hydrogen) atoms. The van der Waals surface area contributed by atoms with Crippen molar-refractivity contribution in [3.8, 4) is 11.5 Å². The second kappa shape index (κ2) is 11.0. The lowest BCUT2D eigenvalue weighted by atomic mass is 10.1. The Kier molecular flexibility index (Phi) is 8.07. The molecule has 2 rings (SSSR count). The van der Waals surface area contributed by atoms with Gasteiger partial charge in [-0.15, -0.1) is 23.4 Å². The minimum atomic E-state index is -0.144. The number of aromatic hydroxyl groups is 2. The van der Waals surface area contributed by atoms with Crippen LogP contribution in [0.2, 0.25) is 0 Å². The van der Waals surface area contributed by atoms with Crippen LogP contribution in [0.25, 0.3) is 0 Å². The van der Waals surface area contributed by atoms with E-state index in [1.54, 1.807) is 48.6 Å². The summed E-state index contributed by atoms with van der Waals surface area (Å²) in [5.41, 5.74) is 13.9. The fourth-order valence-electron chi connectivity index (χ4n) is 2.48. The van der Waals surface area contributed by atoms with E-state index in [2.05, 4.69) is 33.6 Å². The zero-order chi connectivity index (χ0) is 21.9. The Morgan fingerprint density at radius 1 is 0.767 bits per heavy atom. The van der Waals surface area contributed by atoms with Crippen LogP contribution in [-0.2, 0) is 12.8 Å². The first kappa shape index (κ1) is 22.1. The number of para-hydroxylation sites is 2. The fourth-order valence-corrected chi connectivity index (χ4v) is 2.48. The Labute approximate surface area is 175 Å². The van der Waals surface area contributed by atoms with Gasteiger partial charge in [0.2, 0.25) is 0 Å². The van der Waals surface area contributed by atoms with E-state index in [9.17, 15) is 10.2 Å². The van der Waals surface area contributed by atoms with Gasteiger partial charge in [-0.3, -0.25) is 0 Å². The highest BCUT2D eigenvalue weighted by Crippen LogP contribution is 2.22. The van der Waals surface area contributed by atoms with Gasteiger partial charge in [0.1, 0.15) is 11.5 Å². The summed E-state index contributed by atoms with van der Waals surface area (Å²) >= 11 is 0. The van der Waals surface area contributed by atoms with Crippen molar-refractivity contribution in [2.45, 2.75) is 12.8 Å². The molecule has 2 aromatic carbocycles. The van der Waals surface area contributed by atoms with Gasteiger partial charge in [0.25, 0.3) is 0 Å². The summed E-state index contributed by atoms with van der Waals surface area (Å²) in [6, 6.07) is 10.5. The molecular weight excluding hydrogens is 380 g/mol. The Morgan fingerprint density at radius 2 is 1.17 bits per heavy atom. The van der Waals surface area contributed by atoms with Crippen molar-refractivity contribution in [2.75, 3.05) is 0 Å². The summed E-state index contributed by atoms with van der Waals surface area (Å²) in [7, 11) is 0. The molecule has 154 valence electrons. The van der Waals surface area contributed by atoms with Crippen LogP contribution in [0.4, 0.5) is 0 Å². The van der Waals surface area contributed by atoms with Crippen molar-refractivity contribution in [2.24, 2.45) is 31.9 Å². The molecule has 0 aliphatic rings. The molecule has 0 amide bonds. The maximum absolute atomic E-state index is 10.2. The Hall–Kier alpha value is -4.20. The van der Waals surface area contributed by atoms with E-state index in [1.807, 2.05) is 0 Å². The van der Waals surface area contributed by atoms with Crippen LogP contribution in [0.5, 0.6) is 11.5 Å². The summed E-state index contributed by atoms with van der Waals surface area (Å²) < 4.78 is 0. The van der Waals surface area contributed by atoms with Crippen LogP contribution < -0.4 is 11.5 Å². The van der Waals surface area contributed by atoms with Gasteiger partial charge in [-0.1, -0.05) is 36.4 Å². The molecular formula is C22H24N6O2. The molecule has 0 saturated heterocycles. The number of phenolic OH excluding ortho intramolecular Hbond substituents is 2. The van der Waals surface area contributed by atoms with Crippen LogP contribution in [0.15, 0.2) is 82.1 Å². The molecule has 0 aliphatic carbocycles. The third-order valence-electron chi connectivity index (χ3n) is 4.02. The molecule has 8 nitrogen and oxygen atoms in total. The van der Waals surface area contributed by atoms with Gasteiger partial charge < -0.3 is 21.7 Å². The maximum Gasteiger partial charge on any atom is 0.190 e. The van der Waals surface area contributed by atoms with Crippen LogP contribution in [-0.4, -0.2) is 34.3 Å². The van der Waals surface area contributed by atoms with Crippen molar-refractivity contribution in [3.05, 3.63) is 84.0 Å². The highest BCUT2D eigenvalue weighted by molar-refractivity contribution is 6.39. The number of hydrogen-bond donors (Lipinski definition) is 4. The minimum Gasteiger partial charge on any atom is -0.507 e. The minimum absolute atomic E-state index is 0.0969. The van der Waals surface area contributed by atoms with Gasteiger partial charge in [-0.25, -0.2) is 0 Å². The molecule has 0 fully saturated rings. The number of nitrogens with two attached hydrogens (primary N) is 2. The smallest absolute Gasteiger partial charge is 0.190 e. The lowest BCUT2D eigenvalue weighted by Gasteiger charge is -2.04. The van der Waals surface area contributed by atoms with Gasteiger partial charge in [-0.05, 0) is 36.1 Å². The number of phenols is 2. The van der Waals surface area contributed by atoms with E-state index in [0.717, 1.165) is 11.1 Å². The van der Waals surface area contributed by atoms with Gasteiger partial charge in [0, 0.05) is 11.1 Å². The van der Waals surface area contributed by atoms with E-state index in [-0.39, 0.29) is 23.2 Å². The van der Waals surface area contributed by atoms with Crippen molar-refractivity contribution in [1.29, 1.82) is 0 Å². The van der Waals surface area contributed by atoms with E-state index in [1.165, 1.54) is 12.4 Å². The summed E-state index contributed by atoms with van der Waals surface area (Å²) in [6.07, 6.45) is 7.16. The zero-order valence-electron chi connectivity index (χ0n) is 16.4. The molecule has 0 heterocycles. The molecule has 2 aromatic rings. The number of hydrogen-bond acceptors (Lipinski definition) is 6. The predicted molar refractivity (Wildman–Crippen MR) is 122 cm³/mol. The molecule has 0 aliphatic heterocycles. The SMILES string of the molecule is C=CCc1cccc(\C=N/N=C(N)/C(N)=N/N=C/c2cccc(CC=C)c2O)c1O. The van der Waals surface area contributed by atoms with Crippen LogP contribution in [0, 0.1) is 0 Å². The topological polar surface area (TPSA) is 142 Å². The van der Waals surface area contributed by atoms with Crippen molar-refractivity contribution >= 4 is 24.1 Å². The van der Waals surface area contributed by atoms with Crippen molar-refractivity contribution in [3.63, 3.8) is 0 Å². The predicted octanol–water partition coefficient (Wildman–Crippen LogP) is 2.64. The van der Waals surface area contributed by atoms with E-state index in [0.29, 0.717) is 24.0 Å². The number of benzene rings is 2. The number of rotatable bonds is 8. The molecule has 0 unspecified atom stereocenters. The van der Waals surface area contributed by atoms with Gasteiger partial charge in [-0.2, -0.15) is 10.2 Å². The second-order valence-corrected chi connectivity index (χ2v) is 6.16. The molecule has 0 radical (unpaired) electrons. The summed E-state index contributed by atoms with van der Waals surface area (Å²) in [5.74, 6) is -0.0937. The van der Waals surface area contributed by atoms with Crippen LogP contribution in [0.1, 0.15) is 22.3 Å². The van der Waals surface area contributed by atoms with E-state index < -0.39 is 0 Å². The van der Waals surface area contributed by atoms with E-state index in [4.69, 9.17) is 11.5 Å². The molecule has 0 spiro atoms. The third-order valence-corrected chi connectivity index (χ3v) is 4.02. The van der Waals surface area contributed by atoms with Gasteiger partial charge in [0.15, 0.2) is 11.7 Å². The number of allylic oxidation sites excluding steroid dienone is 2. The summed E-state index contributed by atoms with van der Waals surface area (Å²) in [4.78, 5) is 0. The standard InChI is InChI=1S/C22H24N6O2/c1-3-7-15-9-5-11-17(19(15)29)13-25-27-21(23)22(24)28-26-14-18-12-6-10-16(8-4-2)20(18)30/h3-6,9-14,29-30H,1-2,7-8H2,(H2,23,27)(H2,24,28)/b25-13-,26-14+. The number of nitrogens with zero attached hydrogens (tertiary/aromatic N) is 4. The molecule has 0 atom stereocenters. The van der Waals surface area contributed by atoms with Gasteiger partial charge in [0.05, 0.1) is 12.4 Å². The highest BCUT2D eigenvalue weighted by Gasteiger charge is 2.05. The normalized spacial score (nSPS) is 12.5. The summed E-state index contributed by atoms with van der Waals surface area (Å²) in [6.45, 7) is 7.31. The number of amidine groups is 2. The zero-order valence-corrected chi connectivity index (χ0v) is 16.4. The van der Waals surface area contributed by atoms with E-state index >= 15 is 0 Å². The Balaban J connectivity index is 2.11.